The molecule has 1 aliphatic heterocycles. The number of alkyl halides is 1. The van der Waals surface area contributed by atoms with E-state index in [0.29, 0.717) is 24.3 Å². The second kappa shape index (κ2) is 7.84. The summed E-state index contributed by atoms with van der Waals surface area (Å²) < 4.78 is 5.74. The number of nitrogens with one attached hydrogen (secondary N) is 2. The molecule has 2 aromatic rings. The second-order valence-electron chi connectivity index (χ2n) is 7.25. The summed E-state index contributed by atoms with van der Waals surface area (Å²) in [5.74, 6) is 0.155. The molecule has 2 aromatic carbocycles. The molecule has 4 rings (SSSR count). The monoisotopic (exact) mass is 398 g/mol. The van der Waals surface area contributed by atoms with Crippen molar-refractivity contribution in [2.75, 3.05) is 12.5 Å². The Hall–Kier alpha value is -2.53. The number of carbonyl (C=O) groups is 2. The lowest BCUT2D eigenvalue weighted by Crippen LogP contribution is -2.44. The molecule has 6 heteroatoms. The number of ether oxygens (including phenoxy) is 1. The molecule has 2 aliphatic rings. The van der Waals surface area contributed by atoms with E-state index in [1.807, 2.05) is 30.3 Å². The maximum Gasteiger partial charge on any atom is 0.255 e. The van der Waals surface area contributed by atoms with Crippen molar-refractivity contribution in [3.05, 3.63) is 64.2 Å². The molecule has 1 aliphatic carbocycles. The Morgan fingerprint density at radius 3 is 2.79 bits per heavy atom. The highest BCUT2D eigenvalue weighted by molar-refractivity contribution is 6.27. The maximum atomic E-state index is 13.2. The number of hydrogen-bond acceptors (Lipinski definition) is 3. The number of fused-ring (bicyclic) bond motifs is 2. The summed E-state index contributed by atoms with van der Waals surface area (Å²) >= 11 is 5.69. The Balaban J connectivity index is 1.61. The van der Waals surface area contributed by atoms with Crippen molar-refractivity contribution in [2.24, 2.45) is 0 Å². The first-order chi connectivity index (χ1) is 13.6. The SMILES string of the molecule is CCc1cc2c(c(C(=O)N[C@@H]3Cc4ccccc4[C@H]3NC(=O)CCl)c1)OCC2. The van der Waals surface area contributed by atoms with Gasteiger partial charge in [-0.15, -0.1) is 11.6 Å². The zero-order chi connectivity index (χ0) is 19.7. The molecule has 0 fully saturated rings. The molecule has 0 saturated carbocycles. The van der Waals surface area contributed by atoms with Crippen LogP contribution in [0.4, 0.5) is 0 Å². The van der Waals surface area contributed by atoms with Gasteiger partial charge in [0.15, 0.2) is 0 Å². The first-order valence-electron chi connectivity index (χ1n) is 9.63. The minimum absolute atomic E-state index is 0.112. The standard InChI is InChI=1S/C22H23ClN2O3/c1-2-13-9-15-7-8-28-21(15)17(10-13)22(27)24-18-11-14-5-3-4-6-16(14)20(18)25-19(26)12-23/h3-6,9-10,18,20H,2,7-8,11-12H2,1H3,(H,24,27)(H,25,26)/t18-,20-/m1/s1. The van der Waals surface area contributed by atoms with E-state index in [2.05, 4.69) is 23.6 Å². The van der Waals surface area contributed by atoms with Gasteiger partial charge in [0.1, 0.15) is 11.6 Å². The minimum atomic E-state index is -0.297. The predicted molar refractivity (Wildman–Crippen MR) is 108 cm³/mol. The van der Waals surface area contributed by atoms with E-state index >= 15 is 0 Å². The number of amides is 2. The van der Waals surface area contributed by atoms with Crippen molar-refractivity contribution in [3.63, 3.8) is 0 Å². The van der Waals surface area contributed by atoms with Gasteiger partial charge in [-0.1, -0.05) is 37.3 Å². The van der Waals surface area contributed by atoms with Crippen molar-refractivity contribution in [1.29, 1.82) is 0 Å². The summed E-state index contributed by atoms with van der Waals surface area (Å²) in [5, 5.41) is 6.08. The maximum absolute atomic E-state index is 13.2. The third kappa shape index (κ3) is 3.47. The van der Waals surface area contributed by atoms with Crippen LogP contribution in [0, 0.1) is 0 Å². The van der Waals surface area contributed by atoms with Crippen molar-refractivity contribution in [2.45, 2.75) is 38.3 Å². The van der Waals surface area contributed by atoms with Gasteiger partial charge in [-0.25, -0.2) is 0 Å². The predicted octanol–water partition coefficient (Wildman–Crippen LogP) is 2.93. The van der Waals surface area contributed by atoms with Gasteiger partial charge in [0.2, 0.25) is 5.91 Å². The molecule has 0 aromatic heterocycles. The lowest BCUT2D eigenvalue weighted by molar-refractivity contribution is -0.119. The van der Waals surface area contributed by atoms with Crippen LogP contribution in [0.3, 0.4) is 0 Å². The number of hydrogen-bond donors (Lipinski definition) is 2. The molecule has 0 unspecified atom stereocenters. The van der Waals surface area contributed by atoms with E-state index in [1.54, 1.807) is 0 Å². The second-order valence-corrected chi connectivity index (χ2v) is 7.51. The molecular formula is C22H23ClN2O3. The van der Waals surface area contributed by atoms with Crippen molar-refractivity contribution in [3.8, 4) is 5.75 Å². The summed E-state index contributed by atoms with van der Waals surface area (Å²) in [7, 11) is 0. The first-order valence-corrected chi connectivity index (χ1v) is 10.2. The molecule has 0 bridgehead atoms. The highest BCUT2D eigenvalue weighted by Crippen LogP contribution is 2.34. The number of halogens is 1. The summed E-state index contributed by atoms with van der Waals surface area (Å²) in [4.78, 5) is 25.1. The largest absolute Gasteiger partial charge is 0.492 e. The minimum Gasteiger partial charge on any atom is -0.492 e. The van der Waals surface area contributed by atoms with E-state index in [0.717, 1.165) is 35.1 Å². The van der Waals surface area contributed by atoms with Crippen molar-refractivity contribution < 1.29 is 14.3 Å². The van der Waals surface area contributed by atoms with Gasteiger partial charge in [0, 0.05) is 6.42 Å². The zero-order valence-corrected chi connectivity index (χ0v) is 16.5. The molecule has 2 N–H and O–H groups in total. The van der Waals surface area contributed by atoms with Crippen LogP contribution in [0.5, 0.6) is 5.75 Å². The van der Waals surface area contributed by atoms with E-state index in [-0.39, 0.29) is 29.8 Å². The van der Waals surface area contributed by atoms with E-state index in [9.17, 15) is 9.59 Å². The topological polar surface area (TPSA) is 67.4 Å². The fraction of sp³-hybridized carbons (Fsp3) is 0.364. The molecule has 0 spiro atoms. The van der Waals surface area contributed by atoms with Gasteiger partial charge in [0.05, 0.1) is 24.3 Å². The lowest BCUT2D eigenvalue weighted by atomic mass is 10.0. The Bertz CT molecular complexity index is 928. The average Bonchev–Trinajstić information content (AvgIpc) is 3.31. The Labute approximate surface area is 169 Å². The van der Waals surface area contributed by atoms with Crippen LogP contribution in [0.1, 0.15) is 45.6 Å². The third-order valence-corrected chi connectivity index (χ3v) is 5.73. The fourth-order valence-corrected chi connectivity index (χ4v) is 4.19. The van der Waals surface area contributed by atoms with Crippen LogP contribution < -0.4 is 15.4 Å². The van der Waals surface area contributed by atoms with Gasteiger partial charge in [-0.2, -0.15) is 0 Å². The normalized spacial score (nSPS) is 19.5. The fourth-order valence-electron chi connectivity index (χ4n) is 4.11. The Morgan fingerprint density at radius 1 is 1.18 bits per heavy atom. The molecule has 0 radical (unpaired) electrons. The van der Waals surface area contributed by atoms with Crippen LogP contribution in [0.25, 0.3) is 0 Å². The summed E-state index contributed by atoms with van der Waals surface area (Å²) in [6, 6.07) is 11.4. The average molecular weight is 399 g/mol. The van der Waals surface area contributed by atoms with Crippen molar-refractivity contribution in [1.82, 2.24) is 10.6 Å². The van der Waals surface area contributed by atoms with Crippen LogP contribution in [0.2, 0.25) is 0 Å². The third-order valence-electron chi connectivity index (χ3n) is 5.48. The van der Waals surface area contributed by atoms with Gasteiger partial charge in [-0.05, 0) is 41.2 Å². The lowest BCUT2D eigenvalue weighted by Gasteiger charge is -2.23. The highest BCUT2D eigenvalue weighted by Gasteiger charge is 2.35. The summed E-state index contributed by atoms with van der Waals surface area (Å²) in [6.45, 7) is 2.68. The van der Waals surface area contributed by atoms with Gasteiger partial charge < -0.3 is 15.4 Å². The zero-order valence-electron chi connectivity index (χ0n) is 15.8. The molecule has 2 atom stereocenters. The number of carbonyl (C=O) groups excluding carboxylic acids is 2. The van der Waals surface area contributed by atoms with E-state index in [4.69, 9.17) is 16.3 Å². The van der Waals surface area contributed by atoms with Crippen LogP contribution in [-0.4, -0.2) is 30.3 Å². The Kier molecular flexibility index (Phi) is 5.27. The Morgan fingerprint density at radius 2 is 2.00 bits per heavy atom. The van der Waals surface area contributed by atoms with Gasteiger partial charge in [0.25, 0.3) is 5.91 Å². The number of rotatable bonds is 5. The van der Waals surface area contributed by atoms with E-state index in [1.165, 1.54) is 0 Å². The highest BCUT2D eigenvalue weighted by atomic mass is 35.5. The molecule has 1 heterocycles. The number of aryl methyl sites for hydroxylation is 1. The summed E-state index contributed by atoms with van der Waals surface area (Å²) in [6.07, 6.45) is 2.34. The molecule has 146 valence electrons. The van der Waals surface area contributed by atoms with Crippen LogP contribution >= 0.6 is 11.6 Å². The molecular weight excluding hydrogens is 376 g/mol. The van der Waals surface area contributed by atoms with Gasteiger partial charge >= 0.3 is 0 Å². The van der Waals surface area contributed by atoms with E-state index < -0.39 is 0 Å². The molecule has 28 heavy (non-hydrogen) atoms. The van der Waals surface area contributed by atoms with Gasteiger partial charge in [-0.3, -0.25) is 9.59 Å². The molecule has 5 nitrogen and oxygen atoms in total. The first kappa shape index (κ1) is 18.8. The van der Waals surface area contributed by atoms with Crippen molar-refractivity contribution >= 4 is 23.4 Å². The quantitative estimate of drug-likeness (QED) is 0.761. The molecule has 2 amide bonds. The van der Waals surface area contributed by atoms with Crippen LogP contribution in [-0.2, 0) is 24.1 Å². The molecule has 0 saturated heterocycles. The number of benzene rings is 2. The van der Waals surface area contributed by atoms with Crippen LogP contribution in [0.15, 0.2) is 36.4 Å². The summed E-state index contributed by atoms with van der Waals surface area (Å²) in [5.41, 5.74) is 4.93. The smallest absolute Gasteiger partial charge is 0.255 e.